The van der Waals surface area contributed by atoms with Crippen LogP contribution in [0.15, 0.2) is 30.9 Å². The van der Waals surface area contributed by atoms with Gasteiger partial charge in [-0.3, -0.25) is 0 Å². The number of para-hydroxylation sites is 1. The van der Waals surface area contributed by atoms with Gasteiger partial charge >= 0.3 is 5.97 Å². The van der Waals surface area contributed by atoms with E-state index in [1.54, 1.807) is 23.1 Å². The molecule has 0 aliphatic heterocycles. The Morgan fingerprint density at radius 3 is 2.73 bits per heavy atom. The van der Waals surface area contributed by atoms with E-state index in [0.717, 1.165) is 6.08 Å². The summed E-state index contributed by atoms with van der Waals surface area (Å²) < 4.78 is 5.05. The maximum atomic E-state index is 11.1. The summed E-state index contributed by atoms with van der Waals surface area (Å²) in [6, 6.07) is 5.14. The Bertz CT molecular complexity index is 388. The number of carbonyl (C=O) groups is 1. The minimum absolute atomic E-state index is 0.428. The lowest BCUT2D eigenvalue weighted by Crippen LogP contribution is -2.13. The zero-order valence-electron chi connectivity index (χ0n) is 8.66. The van der Waals surface area contributed by atoms with E-state index in [4.69, 9.17) is 16.3 Å². The summed E-state index contributed by atoms with van der Waals surface area (Å²) in [5, 5.41) is 0.536. The number of benzene rings is 1. The topological polar surface area (TPSA) is 29.5 Å². The molecule has 0 aliphatic carbocycles. The van der Waals surface area contributed by atoms with Gasteiger partial charge in [0.15, 0.2) is 5.75 Å². The van der Waals surface area contributed by atoms with E-state index in [2.05, 4.69) is 6.58 Å². The van der Waals surface area contributed by atoms with Crippen molar-refractivity contribution in [1.82, 2.24) is 0 Å². The summed E-state index contributed by atoms with van der Waals surface area (Å²) in [5.74, 6) is -0.0715. The maximum Gasteiger partial charge on any atom is 0.335 e. The first-order valence-corrected chi connectivity index (χ1v) is 4.74. The highest BCUT2D eigenvalue weighted by Gasteiger charge is 2.11. The van der Waals surface area contributed by atoms with E-state index in [-0.39, 0.29) is 0 Å². The normalized spacial score (nSPS) is 9.53. The zero-order valence-corrected chi connectivity index (χ0v) is 9.41. The van der Waals surface area contributed by atoms with Gasteiger partial charge in [0.25, 0.3) is 0 Å². The highest BCUT2D eigenvalue weighted by atomic mass is 35.5. The van der Waals surface area contributed by atoms with E-state index >= 15 is 0 Å². The Labute approximate surface area is 93.9 Å². The van der Waals surface area contributed by atoms with Crippen LogP contribution in [-0.4, -0.2) is 20.1 Å². The van der Waals surface area contributed by atoms with Crippen LogP contribution in [0.5, 0.6) is 5.75 Å². The lowest BCUT2D eigenvalue weighted by Gasteiger charge is -2.17. The second-order valence-electron chi connectivity index (χ2n) is 3.11. The van der Waals surface area contributed by atoms with Gasteiger partial charge in [0.05, 0.1) is 10.7 Å². The number of nitrogens with zero attached hydrogens (tertiary/aromatic N) is 1. The summed E-state index contributed by atoms with van der Waals surface area (Å²) in [5.41, 5.74) is 0.675. The molecule has 0 radical (unpaired) electrons. The monoisotopic (exact) mass is 225 g/mol. The van der Waals surface area contributed by atoms with E-state index in [1.165, 1.54) is 0 Å². The molecule has 3 nitrogen and oxygen atoms in total. The van der Waals surface area contributed by atoms with Gasteiger partial charge in [-0.25, -0.2) is 4.79 Å². The van der Waals surface area contributed by atoms with Crippen molar-refractivity contribution in [1.29, 1.82) is 0 Å². The molecular formula is C11H12ClNO2. The third kappa shape index (κ3) is 2.73. The summed E-state index contributed by atoms with van der Waals surface area (Å²) in [4.78, 5) is 12.9. The lowest BCUT2D eigenvalue weighted by molar-refractivity contribution is -0.128. The zero-order chi connectivity index (χ0) is 11.4. The molecule has 0 N–H and O–H groups in total. The van der Waals surface area contributed by atoms with Gasteiger partial charge < -0.3 is 9.64 Å². The van der Waals surface area contributed by atoms with Crippen molar-refractivity contribution < 1.29 is 9.53 Å². The van der Waals surface area contributed by atoms with Crippen LogP contribution in [0.2, 0.25) is 5.02 Å². The Kier molecular flexibility index (Phi) is 3.74. The van der Waals surface area contributed by atoms with Crippen LogP contribution in [0.4, 0.5) is 5.69 Å². The van der Waals surface area contributed by atoms with Crippen LogP contribution in [0.1, 0.15) is 0 Å². The molecule has 0 saturated heterocycles. The van der Waals surface area contributed by atoms with Crippen molar-refractivity contribution >= 4 is 23.3 Å². The first-order valence-electron chi connectivity index (χ1n) is 4.36. The van der Waals surface area contributed by atoms with Crippen molar-refractivity contribution in [3.8, 4) is 5.75 Å². The van der Waals surface area contributed by atoms with Crippen LogP contribution in [-0.2, 0) is 4.79 Å². The summed E-state index contributed by atoms with van der Waals surface area (Å²) >= 11 is 5.99. The van der Waals surface area contributed by atoms with Crippen molar-refractivity contribution in [3.05, 3.63) is 35.9 Å². The molecule has 0 atom stereocenters. The fourth-order valence-corrected chi connectivity index (χ4v) is 1.50. The molecule has 0 heterocycles. The van der Waals surface area contributed by atoms with Gasteiger partial charge in [-0.1, -0.05) is 24.2 Å². The first kappa shape index (κ1) is 11.6. The molecule has 1 aromatic rings. The predicted octanol–water partition coefficient (Wildman–Crippen LogP) is 2.50. The van der Waals surface area contributed by atoms with Crippen molar-refractivity contribution in [2.24, 2.45) is 0 Å². The average Bonchev–Trinajstić information content (AvgIpc) is 2.17. The second-order valence-corrected chi connectivity index (χ2v) is 3.51. The van der Waals surface area contributed by atoms with E-state index in [9.17, 15) is 4.79 Å². The minimum atomic E-state index is -0.500. The largest absolute Gasteiger partial charge is 0.421 e. The standard InChI is InChI=1S/C11H12ClNO2/c1-4-10(14)15-9-7-5-6-8(12)11(9)13(2)3/h4-7H,1H2,2-3H3. The number of carbonyl (C=O) groups excluding carboxylic acids is 1. The van der Waals surface area contributed by atoms with Gasteiger partial charge in [0.2, 0.25) is 0 Å². The Balaban J connectivity index is 3.11. The van der Waals surface area contributed by atoms with Crippen molar-refractivity contribution in [3.63, 3.8) is 0 Å². The predicted molar refractivity (Wildman–Crippen MR) is 61.6 cm³/mol. The SMILES string of the molecule is C=CC(=O)Oc1cccc(Cl)c1N(C)C. The number of anilines is 1. The Morgan fingerprint density at radius 2 is 2.20 bits per heavy atom. The third-order valence-electron chi connectivity index (χ3n) is 1.77. The molecule has 0 spiro atoms. The molecule has 0 saturated carbocycles. The number of esters is 1. The van der Waals surface area contributed by atoms with Crippen LogP contribution in [0.25, 0.3) is 0 Å². The molecule has 0 bridgehead atoms. The quantitative estimate of drug-likeness (QED) is 0.450. The van der Waals surface area contributed by atoms with Gasteiger partial charge in [0, 0.05) is 20.2 Å². The van der Waals surface area contributed by atoms with Crippen LogP contribution in [0, 0.1) is 0 Å². The fraction of sp³-hybridized carbons (Fsp3) is 0.182. The molecule has 4 heteroatoms. The van der Waals surface area contributed by atoms with Crippen molar-refractivity contribution in [2.45, 2.75) is 0 Å². The molecule has 0 amide bonds. The molecule has 0 unspecified atom stereocenters. The number of hydrogen-bond acceptors (Lipinski definition) is 3. The van der Waals surface area contributed by atoms with Gasteiger partial charge in [-0.05, 0) is 12.1 Å². The van der Waals surface area contributed by atoms with Crippen LogP contribution >= 0.6 is 11.6 Å². The molecule has 1 rings (SSSR count). The Morgan fingerprint density at radius 1 is 1.53 bits per heavy atom. The van der Waals surface area contributed by atoms with E-state index in [0.29, 0.717) is 16.5 Å². The van der Waals surface area contributed by atoms with Crippen LogP contribution < -0.4 is 9.64 Å². The first-order chi connectivity index (χ1) is 7.06. The van der Waals surface area contributed by atoms with Gasteiger partial charge in [-0.2, -0.15) is 0 Å². The molecule has 0 aliphatic rings. The fourth-order valence-electron chi connectivity index (χ4n) is 1.16. The maximum absolute atomic E-state index is 11.1. The van der Waals surface area contributed by atoms with Crippen LogP contribution in [0.3, 0.4) is 0 Å². The van der Waals surface area contributed by atoms with Crippen molar-refractivity contribution in [2.75, 3.05) is 19.0 Å². The number of halogens is 1. The average molecular weight is 226 g/mol. The smallest absolute Gasteiger partial charge is 0.335 e. The summed E-state index contributed by atoms with van der Waals surface area (Å²) in [6.07, 6.45) is 1.11. The minimum Gasteiger partial charge on any atom is -0.421 e. The highest BCUT2D eigenvalue weighted by molar-refractivity contribution is 6.33. The van der Waals surface area contributed by atoms with Gasteiger partial charge in [-0.15, -0.1) is 0 Å². The molecular weight excluding hydrogens is 214 g/mol. The molecule has 80 valence electrons. The molecule has 1 aromatic carbocycles. The van der Waals surface area contributed by atoms with E-state index < -0.39 is 5.97 Å². The highest BCUT2D eigenvalue weighted by Crippen LogP contribution is 2.34. The second kappa shape index (κ2) is 4.84. The summed E-state index contributed by atoms with van der Waals surface area (Å²) in [6.45, 7) is 3.33. The number of hydrogen-bond donors (Lipinski definition) is 0. The van der Waals surface area contributed by atoms with E-state index in [1.807, 2.05) is 14.1 Å². The van der Waals surface area contributed by atoms with Gasteiger partial charge in [0.1, 0.15) is 0 Å². The molecule has 0 aromatic heterocycles. The number of ether oxygens (including phenoxy) is 1. The third-order valence-corrected chi connectivity index (χ3v) is 2.08. The summed E-state index contributed by atoms with van der Waals surface area (Å²) in [7, 11) is 3.65. The lowest BCUT2D eigenvalue weighted by atomic mass is 10.3. The molecule has 15 heavy (non-hydrogen) atoms. The Hall–Kier alpha value is -1.48. The molecule has 0 fully saturated rings. The number of rotatable bonds is 3.